The van der Waals surface area contributed by atoms with Gasteiger partial charge in [-0.25, -0.2) is 24.2 Å². The Labute approximate surface area is 177 Å². The minimum atomic E-state index is -0.428. The van der Waals surface area contributed by atoms with E-state index in [1.165, 1.54) is 11.1 Å². The number of pyridine rings is 1. The number of halogens is 1. The molecule has 5 rings (SSSR count). The average molecular weight is 421 g/mol. The minimum Gasteiger partial charge on any atom is -0.337 e. The number of rotatable bonds is 3. The topological polar surface area (TPSA) is 106 Å². The molecule has 1 saturated heterocycles. The molecule has 11 heteroatoms. The van der Waals surface area contributed by atoms with Gasteiger partial charge in [-0.2, -0.15) is 10.2 Å². The summed E-state index contributed by atoms with van der Waals surface area (Å²) < 4.78 is 13.6. The molecule has 2 amide bonds. The Morgan fingerprint density at radius 2 is 2.00 bits per heavy atom. The van der Waals surface area contributed by atoms with Crippen LogP contribution in [-0.4, -0.2) is 73.5 Å². The lowest BCUT2D eigenvalue weighted by atomic mass is 10.1. The quantitative estimate of drug-likeness (QED) is 0.694. The van der Waals surface area contributed by atoms with E-state index in [2.05, 4.69) is 30.3 Å². The fourth-order valence-electron chi connectivity index (χ4n) is 3.78. The number of carbonyl (C=O) groups excluding carboxylic acids is 1. The van der Waals surface area contributed by atoms with Gasteiger partial charge in [-0.05, 0) is 23.8 Å². The molecule has 0 saturated carbocycles. The molecule has 2 aliphatic rings. The number of nitrogens with one attached hydrogen (secondary N) is 1. The van der Waals surface area contributed by atoms with Crippen LogP contribution >= 0.6 is 0 Å². The molecule has 5 heterocycles. The van der Waals surface area contributed by atoms with Crippen molar-refractivity contribution in [2.24, 2.45) is 5.10 Å². The smallest absolute Gasteiger partial charge is 0.337 e. The monoisotopic (exact) mass is 421 g/mol. The van der Waals surface area contributed by atoms with E-state index < -0.39 is 5.82 Å². The first-order valence-electron chi connectivity index (χ1n) is 9.98. The van der Waals surface area contributed by atoms with Gasteiger partial charge in [0.15, 0.2) is 0 Å². The molecule has 0 spiro atoms. The van der Waals surface area contributed by atoms with Crippen molar-refractivity contribution < 1.29 is 9.18 Å². The highest BCUT2D eigenvalue weighted by molar-refractivity contribution is 5.78. The van der Waals surface area contributed by atoms with Crippen molar-refractivity contribution >= 4 is 18.2 Å². The Morgan fingerprint density at radius 1 is 1.13 bits per heavy atom. The number of nitrogens with zero attached hydrogens (tertiary/aromatic N) is 8. The molecule has 3 aromatic heterocycles. The fourth-order valence-corrected chi connectivity index (χ4v) is 3.78. The van der Waals surface area contributed by atoms with Gasteiger partial charge in [-0.3, -0.25) is 10.1 Å². The van der Waals surface area contributed by atoms with Gasteiger partial charge in [0, 0.05) is 57.4 Å². The molecule has 2 aliphatic heterocycles. The number of anilines is 1. The Morgan fingerprint density at radius 3 is 2.77 bits per heavy atom. The first-order valence-corrected chi connectivity index (χ1v) is 9.98. The molecule has 1 unspecified atom stereocenters. The van der Waals surface area contributed by atoms with Gasteiger partial charge >= 0.3 is 6.03 Å². The van der Waals surface area contributed by atoms with Gasteiger partial charge in [0.05, 0.1) is 23.6 Å². The maximum absolute atomic E-state index is 13.6. The van der Waals surface area contributed by atoms with E-state index in [9.17, 15) is 9.18 Å². The summed E-state index contributed by atoms with van der Waals surface area (Å²) in [6.07, 6.45) is 8.32. The van der Waals surface area contributed by atoms with E-state index in [1.54, 1.807) is 29.7 Å². The second-order valence-electron chi connectivity index (χ2n) is 7.30. The standard InChI is InChI=1S/C20H20FN9O/c21-15-11-14(12-22-13-15)18-3-6-25-30(18)20(31)29-9-7-28(8-10-29)19-23-4-1-16(26-19)17-2-5-24-27-17/h1-2,4-6,11-13,18H,3,7-10H2,(H,24,27). The van der Waals surface area contributed by atoms with E-state index in [1.807, 2.05) is 17.0 Å². The third-order valence-electron chi connectivity index (χ3n) is 5.39. The van der Waals surface area contributed by atoms with Gasteiger partial charge < -0.3 is 9.80 Å². The van der Waals surface area contributed by atoms with Gasteiger partial charge in [0.2, 0.25) is 5.95 Å². The number of piperazine rings is 1. The van der Waals surface area contributed by atoms with E-state index in [4.69, 9.17) is 0 Å². The lowest BCUT2D eigenvalue weighted by Gasteiger charge is -2.37. The third kappa shape index (κ3) is 3.81. The normalized spacial score (nSPS) is 18.6. The predicted octanol–water partition coefficient (Wildman–Crippen LogP) is 2.08. The van der Waals surface area contributed by atoms with Crippen LogP contribution in [0, 0.1) is 5.82 Å². The second-order valence-corrected chi connectivity index (χ2v) is 7.30. The number of aromatic nitrogens is 5. The predicted molar refractivity (Wildman–Crippen MR) is 111 cm³/mol. The first kappa shape index (κ1) is 19.1. The summed E-state index contributed by atoms with van der Waals surface area (Å²) in [5.41, 5.74) is 2.22. The number of hydrazone groups is 1. The summed E-state index contributed by atoms with van der Waals surface area (Å²) in [6.45, 7) is 2.22. The Kier molecular flexibility index (Phi) is 4.98. The number of amides is 2. The molecular weight excluding hydrogens is 401 g/mol. The highest BCUT2D eigenvalue weighted by Gasteiger charge is 2.33. The van der Waals surface area contributed by atoms with E-state index in [0.717, 1.165) is 17.6 Å². The largest absolute Gasteiger partial charge is 0.341 e. The minimum absolute atomic E-state index is 0.199. The average Bonchev–Trinajstić information content (AvgIpc) is 3.51. The summed E-state index contributed by atoms with van der Waals surface area (Å²) in [7, 11) is 0. The van der Waals surface area contributed by atoms with Crippen LogP contribution in [0.15, 0.2) is 48.1 Å². The van der Waals surface area contributed by atoms with Crippen LogP contribution in [0.1, 0.15) is 18.0 Å². The third-order valence-corrected chi connectivity index (χ3v) is 5.39. The van der Waals surface area contributed by atoms with Crippen LogP contribution in [0.4, 0.5) is 15.1 Å². The van der Waals surface area contributed by atoms with Crippen molar-refractivity contribution in [3.05, 3.63) is 54.4 Å². The molecule has 0 radical (unpaired) electrons. The number of aromatic amines is 1. The molecule has 31 heavy (non-hydrogen) atoms. The Bertz CT molecular complexity index is 1100. The second kappa shape index (κ2) is 8.09. The molecule has 0 aliphatic carbocycles. The zero-order chi connectivity index (χ0) is 21.2. The van der Waals surface area contributed by atoms with Crippen LogP contribution in [-0.2, 0) is 0 Å². The summed E-state index contributed by atoms with van der Waals surface area (Å²) in [5.74, 6) is 0.185. The van der Waals surface area contributed by atoms with Gasteiger partial charge in [0.25, 0.3) is 0 Å². The zero-order valence-corrected chi connectivity index (χ0v) is 16.6. The molecule has 1 N–H and O–H groups in total. The van der Waals surface area contributed by atoms with Crippen molar-refractivity contribution in [1.29, 1.82) is 0 Å². The van der Waals surface area contributed by atoms with Crippen molar-refractivity contribution in [3.63, 3.8) is 0 Å². The number of urea groups is 1. The molecule has 1 atom stereocenters. The SMILES string of the molecule is O=C(N1CCN(c2nccc(-c3ccn[nH]3)n2)CC1)N1N=CCC1c1cncc(F)c1. The summed E-state index contributed by atoms with van der Waals surface area (Å²) in [5, 5.41) is 12.5. The van der Waals surface area contributed by atoms with Crippen LogP contribution < -0.4 is 4.90 Å². The summed E-state index contributed by atoms with van der Waals surface area (Å²) in [4.78, 5) is 29.8. The Hall–Kier alpha value is -3.89. The molecule has 10 nitrogen and oxygen atoms in total. The fraction of sp³-hybridized carbons (Fsp3) is 0.300. The van der Waals surface area contributed by atoms with Crippen molar-refractivity contribution in [2.45, 2.75) is 12.5 Å². The summed E-state index contributed by atoms with van der Waals surface area (Å²) in [6, 6.07) is 4.53. The highest BCUT2D eigenvalue weighted by Crippen LogP contribution is 2.29. The van der Waals surface area contributed by atoms with Crippen LogP contribution in [0.5, 0.6) is 0 Å². The zero-order valence-electron chi connectivity index (χ0n) is 16.6. The molecule has 0 aromatic carbocycles. The lowest BCUT2D eigenvalue weighted by Crippen LogP contribution is -2.52. The van der Waals surface area contributed by atoms with E-state index in [-0.39, 0.29) is 12.1 Å². The number of H-pyrrole nitrogens is 1. The molecule has 1 fully saturated rings. The molecular formula is C20H20FN9O. The van der Waals surface area contributed by atoms with Gasteiger partial charge in [-0.1, -0.05) is 0 Å². The number of carbonyl (C=O) groups is 1. The number of hydrogen-bond acceptors (Lipinski definition) is 7. The summed E-state index contributed by atoms with van der Waals surface area (Å²) >= 11 is 0. The maximum Gasteiger partial charge on any atom is 0.341 e. The van der Waals surface area contributed by atoms with Crippen molar-refractivity contribution in [2.75, 3.05) is 31.1 Å². The first-order chi connectivity index (χ1) is 15.2. The van der Waals surface area contributed by atoms with E-state index >= 15 is 0 Å². The molecule has 0 bridgehead atoms. The lowest BCUT2D eigenvalue weighted by molar-refractivity contribution is 0.139. The number of hydrogen-bond donors (Lipinski definition) is 1. The van der Waals surface area contributed by atoms with Gasteiger partial charge in [-0.15, -0.1) is 0 Å². The maximum atomic E-state index is 13.6. The Balaban J connectivity index is 1.25. The molecule has 158 valence electrons. The highest BCUT2D eigenvalue weighted by atomic mass is 19.1. The van der Waals surface area contributed by atoms with Crippen molar-refractivity contribution in [3.8, 4) is 11.4 Å². The van der Waals surface area contributed by atoms with Gasteiger partial charge in [0.1, 0.15) is 5.82 Å². The van der Waals surface area contributed by atoms with E-state index in [0.29, 0.717) is 44.1 Å². The molecule has 3 aromatic rings. The van der Waals surface area contributed by atoms with Crippen LogP contribution in [0.2, 0.25) is 0 Å². The van der Waals surface area contributed by atoms with Crippen LogP contribution in [0.25, 0.3) is 11.4 Å². The van der Waals surface area contributed by atoms with Crippen molar-refractivity contribution in [1.82, 2.24) is 35.1 Å². The van der Waals surface area contributed by atoms with Crippen LogP contribution in [0.3, 0.4) is 0 Å².